The summed E-state index contributed by atoms with van der Waals surface area (Å²) in [6, 6.07) is 6.42. The van der Waals surface area contributed by atoms with E-state index in [2.05, 4.69) is 28.3 Å². The lowest BCUT2D eigenvalue weighted by molar-refractivity contribution is -0.140. The first-order valence-electron chi connectivity index (χ1n) is 6.82. The number of esters is 1. The van der Waals surface area contributed by atoms with Crippen LogP contribution in [0.25, 0.3) is 0 Å². The molecule has 1 aromatic rings. The van der Waals surface area contributed by atoms with Gasteiger partial charge in [0.2, 0.25) is 0 Å². The van der Waals surface area contributed by atoms with Crippen LogP contribution in [0, 0.1) is 0 Å². The van der Waals surface area contributed by atoms with Crippen LogP contribution in [-0.2, 0) is 22.4 Å². The van der Waals surface area contributed by atoms with Crippen molar-refractivity contribution >= 4 is 5.97 Å². The Kier molecular flexibility index (Phi) is 5.21. The summed E-state index contributed by atoms with van der Waals surface area (Å²) in [5.74, 6) is 0.898. The molecular weight excluding hydrogens is 242 g/mol. The predicted molar refractivity (Wildman–Crippen MR) is 73.5 cm³/mol. The molecule has 0 saturated carbocycles. The molecule has 1 aromatic carbocycles. The molecule has 1 aliphatic rings. The molecule has 19 heavy (non-hydrogen) atoms. The molecule has 0 bridgehead atoms. The van der Waals surface area contributed by atoms with Crippen LogP contribution in [0.3, 0.4) is 0 Å². The average Bonchev–Trinajstić information content (AvgIpc) is 2.89. The van der Waals surface area contributed by atoms with Gasteiger partial charge in [-0.1, -0.05) is 12.1 Å². The van der Waals surface area contributed by atoms with Crippen LogP contribution in [0.2, 0.25) is 0 Å². The van der Waals surface area contributed by atoms with Crippen LogP contribution in [0.15, 0.2) is 18.2 Å². The maximum absolute atomic E-state index is 10.9. The highest BCUT2D eigenvalue weighted by Gasteiger charge is 2.11. The smallest absolute Gasteiger partial charge is 0.305 e. The van der Waals surface area contributed by atoms with Gasteiger partial charge in [0.1, 0.15) is 5.75 Å². The molecule has 0 fully saturated rings. The quantitative estimate of drug-likeness (QED) is 0.601. The van der Waals surface area contributed by atoms with Gasteiger partial charge in [-0.2, -0.15) is 0 Å². The highest BCUT2D eigenvalue weighted by molar-refractivity contribution is 5.69. The number of rotatable bonds is 7. The summed E-state index contributed by atoms with van der Waals surface area (Å²) in [6.45, 7) is 2.59. The molecule has 0 aromatic heterocycles. The first kappa shape index (κ1) is 13.9. The van der Waals surface area contributed by atoms with Crippen molar-refractivity contribution in [2.24, 2.45) is 0 Å². The van der Waals surface area contributed by atoms with Crippen LogP contribution < -0.4 is 10.1 Å². The van der Waals surface area contributed by atoms with Gasteiger partial charge >= 0.3 is 5.97 Å². The average molecular weight is 263 g/mol. The molecule has 0 unspecified atom stereocenters. The number of nitrogens with one attached hydrogen (secondary N) is 1. The van der Waals surface area contributed by atoms with Gasteiger partial charge in [0.05, 0.1) is 13.7 Å². The Morgan fingerprint density at radius 1 is 1.42 bits per heavy atom. The number of methoxy groups -OCH3 is 1. The summed E-state index contributed by atoms with van der Waals surface area (Å²) in [5, 5.41) is 3.34. The topological polar surface area (TPSA) is 47.6 Å². The molecule has 0 radical (unpaired) electrons. The van der Waals surface area contributed by atoms with E-state index in [4.69, 9.17) is 4.74 Å². The molecule has 0 aliphatic carbocycles. The van der Waals surface area contributed by atoms with Gasteiger partial charge in [0, 0.05) is 12.8 Å². The van der Waals surface area contributed by atoms with E-state index in [0.29, 0.717) is 6.42 Å². The lowest BCUT2D eigenvalue weighted by atomic mass is 10.1. The Labute approximate surface area is 114 Å². The molecule has 4 heteroatoms. The fourth-order valence-corrected chi connectivity index (χ4v) is 2.21. The zero-order chi connectivity index (χ0) is 13.5. The van der Waals surface area contributed by atoms with E-state index in [1.807, 2.05) is 0 Å². The molecule has 1 N–H and O–H groups in total. The second kappa shape index (κ2) is 7.14. The molecule has 0 amide bonds. The van der Waals surface area contributed by atoms with Crippen molar-refractivity contribution < 1.29 is 14.3 Å². The standard InChI is InChI=1S/C15H21NO3/c1-18-15(17)3-2-8-16-9-6-12-4-5-14-13(11-12)7-10-19-14/h4-5,11,16H,2-3,6-10H2,1H3. The van der Waals surface area contributed by atoms with E-state index in [1.165, 1.54) is 18.2 Å². The third-order valence-electron chi connectivity index (χ3n) is 3.31. The second-order valence-corrected chi connectivity index (χ2v) is 4.72. The minimum absolute atomic E-state index is 0.138. The van der Waals surface area contributed by atoms with Crippen LogP contribution in [0.4, 0.5) is 0 Å². The second-order valence-electron chi connectivity index (χ2n) is 4.72. The minimum atomic E-state index is -0.138. The van der Waals surface area contributed by atoms with E-state index in [-0.39, 0.29) is 5.97 Å². The molecular formula is C15H21NO3. The van der Waals surface area contributed by atoms with E-state index in [0.717, 1.165) is 44.7 Å². The number of ether oxygens (including phenoxy) is 2. The van der Waals surface area contributed by atoms with Crippen LogP contribution in [0.5, 0.6) is 5.75 Å². The van der Waals surface area contributed by atoms with Crippen molar-refractivity contribution in [3.05, 3.63) is 29.3 Å². The van der Waals surface area contributed by atoms with E-state index >= 15 is 0 Å². The van der Waals surface area contributed by atoms with Gasteiger partial charge < -0.3 is 14.8 Å². The van der Waals surface area contributed by atoms with Crippen LogP contribution in [0.1, 0.15) is 24.0 Å². The first-order valence-corrected chi connectivity index (χ1v) is 6.82. The van der Waals surface area contributed by atoms with Gasteiger partial charge in [0.25, 0.3) is 0 Å². The molecule has 2 rings (SSSR count). The fourth-order valence-electron chi connectivity index (χ4n) is 2.21. The molecule has 104 valence electrons. The van der Waals surface area contributed by atoms with E-state index in [1.54, 1.807) is 0 Å². The van der Waals surface area contributed by atoms with E-state index < -0.39 is 0 Å². The molecule has 0 atom stereocenters. The van der Waals surface area contributed by atoms with Gasteiger partial charge in [-0.05, 0) is 43.1 Å². The van der Waals surface area contributed by atoms with E-state index in [9.17, 15) is 4.79 Å². The summed E-state index contributed by atoms with van der Waals surface area (Å²) < 4.78 is 10.1. The Morgan fingerprint density at radius 2 is 2.32 bits per heavy atom. The zero-order valence-corrected chi connectivity index (χ0v) is 11.4. The lowest BCUT2D eigenvalue weighted by Gasteiger charge is -2.06. The number of carbonyl (C=O) groups excluding carboxylic acids is 1. The maximum atomic E-state index is 10.9. The summed E-state index contributed by atoms with van der Waals surface area (Å²) in [5.41, 5.74) is 2.66. The monoisotopic (exact) mass is 263 g/mol. The van der Waals surface area contributed by atoms with Crippen molar-refractivity contribution in [2.45, 2.75) is 25.7 Å². The normalized spacial score (nSPS) is 12.9. The third kappa shape index (κ3) is 4.24. The summed E-state index contributed by atoms with van der Waals surface area (Å²) in [7, 11) is 1.42. The Bertz CT molecular complexity index is 431. The first-order chi connectivity index (χ1) is 9.29. The summed E-state index contributed by atoms with van der Waals surface area (Å²) >= 11 is 0. The van der Waals surface area contributed by atoms with Gasteiger partial charge in [0.15, 0.2) is 0 Å². The van der Waals surface area contributed by atoms with Gasteiger partial charge in [-0.3, -0.25) is 4.79 Å². The number of hydrogen-bond acceptors (Lipinski definition) is 4. The molecule has 1 aliphatic heterocycles. The SMILES string of the molecule is COC(=O)CCCNCCc1ccc2c(c1)CCO2. The summed E-state index contributed by atoms with van der Waals surface area (Å²) in [4.78, 5) is 10.9. The highest BCUT2D eigenvalue weighted by Crippen LogP contribution is 2.25. The lowest BCUT2D eigenvalue weighted by Crippen LogP contribution is -2.19. The fraction of sp³-hybridized carbons (Fsp3) is 0.533. The Morgan fingerprint density at radius 3 is 3.16 bits per heavy atom. The number of carbonyl (C=O) groups is 1. The molecule has 0 spiro atoms. The minimum Gasteiger partial charge on any atom is -0.493 e. The van der Waals surface area contributed by atoms with Crippen LogP contribution >= 0.6 is 0 Å². The maximum Gasteiger partial charge on any atom is 0.305 e. The van der Waals surface area contributed by atoms with Crippen molar-refractivity contribution in [3.63, 3.8) is 0 Å². The van der Waals surface area contributed by atoms with Crippen molar-refractivity contribution in [2.75, 3.05) is 26.8 Å². The van der Waals surface area contributed by atoms with Crippen molar-refractivity contribution in [1.29, 1.82) is 0 Å². The third-order valence-corrected chi connectivity index (χ3v) is 3.31. The van der Waals surface area contributed by atoms with Gasteiger partial charge in [-0.25, -0.2) is 0 Å². The Balaban J connectivity index is 1.62. The molecule has 0 saturated heterocycles. The van der Waals surface area contributed by atoms with Crippen LogP contribution in [-0.4, -0.2) is 32.8 Å². The molecule has 4 nitrogen and oxygen atoms in total. The van der Waals surface area contributed by atoms with Gasteiger partial charge in [-0.15, -0.1) is 0 Å². The Hall–Kier alpha value is -1.55. The number of hydrogen-bond donors (Lipinski definition) is 1. The predicted octanol–water partition coefficient (Wildman–Crippen LogP) is 1.71. The summed E-state index contributed by atoms with van der Waals surface area (Å²) in [6.07, 6.45) is 3.34. The number of fused-ring (bicyclic) bond motifs is 1. The number of benzene rings is 1. The largest absolute Gasteiger partial charge is 0.493 e. The highest BCUT2D eigenvalue weighted by atomic mass is 16.5. The zero-order valence-electron chi connectivity index (χ0n) is 11.4. The van der Waals surface area contributed by atoms with Crippen molar-refractivity contribution in [1.82, 2.24) is 5.32 Å². The van der Waals surface area contributed by atoms with Crippen molar-refractivity contribution in [3.8, 4) is 5.75 Å². The molecule has 1 heterocycles.